The molecule has 0 aliphatic rings. The van der Waals surface area contributed by atoms with Crippen LogP contribution in [0, 0.1) is 6.92 Å². The minimum absolute atomic E-state index is 0.0455. The van der Waals surface area contributed by atoms with Crippen molar-refractivity contribution in [2.75, 3.05) is 13.7 Å². The number of nitrogens with zero attached hydrogens (tertiary/aromatic N) is 3. The molecule has 1 atom stereocenters. The summed E-state index contributed by atoms with van der Waals surface area (Å²) in [6.07, 6.45) is 3.94. The van der Waals surface area contributed by atoms with Crippen LogP contribution in [0.2, 0.25) is 0 Å². The maximum atomic E-state index is 12.0. The number of pyridine rings is 1. The lowest BCUT2D eigenvalue weighted by molar-refractivity contribution is -0.122. The van der Waals surface area contributed by atoms with Gasteiger partial charge in [0.05, 0.1) is 24.0 Å². The lowest BCUT2D eigenvalue weighted by Gasteiger charge is -2.17. The van der Waals surface area contributed by atoms with Crippen LogP contribution in [-0.4, -0.2) is 34.4 Å². The summed E-state index contributed by atoms with van der Waals surface area (Å²) in [5.41, 5.74) is 1.74. The van der Waals surface area contributed by atoms with Gasteiger partial charge in [-0.2, -0.15) is 5.10 Å². The Morgan fingerprint density at radius 3 is 2.90 bits per heavy atom. The van der Waals surface area contributed by atoms with Crippen molar-refractivity contribution in [2.24, 2.45) is 0 Å². The van der Waals surface area contributed by atoms with Gasteiger partial charge >= 0.3 is 0 Å². The van der Waals surface area contributed by atoms with E-state index in [0.717, 1.165) is 11.4 Å². The topological polar surface area (TPSA) is 69.0 Å². The maximum Gasteiger partial charge on any atom is 0.222 e. The number of carbonyl (C=O) groups excluding carboxylic acids is 1. The Labute approximate surface area is 124 Å². The largest absolute Gasteiger partial charge is 0.382 e. The molecule has 2 rings (SSSR count). The molecule has 1 amide bonds. The van der Waals surface area contributed by atoms with Crippen LogP contribution >= 0.6 is 0 Å². The first-order chi connectivity index (χ1) is 10.2. The van der Waals surface area contributed by atoms with E-state index in [1.165, 1.54) is 0 Å². The van der Waals surface area contributed by atoms with Crippen LogP contribution in [0.25, 0.3) is 0 Å². The maximum absolute atomic E-state index is 12.0. The quantitative estimate of drug-likeness (QED) is 0.838. The molecule has 6 nitrogen and oxygen atoms in total. The molecule has 0 aliphatic heterocycles. The molecule has 2 heterocycles. The number of rotatable bonds is 7. The molecule has 0 saturated carbocycles. The van der Waals surface area contributed by atoms with Gasteiger partial charge in [-0.15, -0.1) is 0 Å². The zero-order chi connectivity index (χ0) is 15.1. The zero-order valence-electron chi connectivity index (χ0n) is 12.3. The molecule has 21 heavy (non-hydrogen) atoms. The standard InChI is InChI=1S/C15H20N4O2/c1-12-6-9-19(18-12)10-7-15(20)17-14(11-21-2)13-5-3-4-8-16-13/h3-6,8-9,14H,7,10-11H2,1-2H3,(H,17,20)/t14-/m0/s1. The van der Waals surface area contributed by atoms with Gasteiger partial charge in [-0.3, -0.25) is 14.5 Å². The monoisotopic (exact) mass is 288 g/mol. The van der Waals surface area contributed by atoms with Crippen molar-refractivity contribution in [3.05, 3.63) is 48.0 Å². The number of hydrogen-bond acceptors (Lipinski definition) is 4. The van der Waals surface area contributed by atoms with Gasteiger partial charge in [-0.25, -0.2) is 0 Å². The van der Waals surface area contributed by atoms with E-state index in [2.05, 4.69) is 15.4 Å². The number of nitrogens with one attached hydrogen (secondary N) is 1. The van der Waals surface area contributed by atoms with E-state index in [1.807, 2.05) is 37.4 Å². The molecule has 0 unspecified atom stereocenters. The number of ether oxygens (including phenoxy) is 1. The van der Waals surface area contributed by atoms with E-state index >= 15 is 0 Å². The van der Waals surface area contributed by atoms with Crippen LogP contribution in [0.5, 0.6) is 0 Å². The second-order valence-corrected chi connectivity index (χ2v) is 4.80. The van der Waals surface area contributed by atoms with Crippen LogP contribution in [0.3, 0.4) is 0 Å². The molecule has 6 heteroatoms. The lowest BCUT2D eigenvalue weighted by Crippen LogP contribution is -2.32. The fourth-order valence-electron chi connectivity index (χ4n) is 2.02. The first-order valence-electron chi connectivity index (χ1n) is 6.88. The summed E-state index contributed by atoms with van der Waals surface area (Å²) in [4.78, 5) is 16.3. The number of methoxy groups -OCH3 is 1. The minimum atomic E-state index is -0.233. The molecule has 1 N–H and O–H groups in total. The van der Waals surface area contributed by atoms with Crippen LogP contribution in [-0.2, 0) is 16.1 Å². The average Bonchev–Trinajstić information content (AvgIpc) is 2.91. The second kappa shape index (κ2) is 7.54. The van der Waals surface area contributed by atoms with E-state index in [1.54, 1.807) is 18.0 Å². The average molecular weight is 288 g/mol. The smallest absolute Gasteiger partial charge is 0.222 e. The van der Waals surface area contributed by atoms with Gasteiger partial charge in [-0.1, -0.05) is 6.07 Å². The normalized spacial score (nSPS) is 12.1. The first kappa shape index (κ1) is 15.2. The Bertz CT molecular complexity index is 568. The predicted molar refractivity (Wildman–Crippen MR) is 78.6 cm³/mol. The van der Waals surface area contributed by atoms with Crippen LogP contribution in [0.4, 0.5) is 0 Å². The summed E-state index contributed by atoms with van der Waals surface area (Å²) in [6, 6.07) is 7.29. The van der Waals surface area contributed by atoms with Crippen molar-refractivity contribution in [1.82, 2.24) is 20.1 Å². The SMILES string of the molecule is COC[C@H](NC(=O)CCn1ccc(C)n1)c1ccccn1. The third-order valence-corrected chi connectivity index (χ3v) is 3.06. The Kier molecular flexibility index (Phi) is 5.45. The predicted octanol–water partition coefficient (Wildman–Crippen LogP) is 1.48. The van der Waals surface area contributed by atoms with Crippen molar-refractivity contribution in [3.8, 4) is 0 Å². The van der Waals surface area contributed by atoms with Gasteiger partial charge in [0, 0.05) is 32.5 Å². The van der Waals surface area contributed by atoms with E-state index in [-0.39, 0.29) is 11.9 Å². The fraction of sp³-hybridized carbons (Fsp3) is 0.400. The van der Waals surface area contributed by atoms with Crippen LogP contribution in [0.15, 0.2) is 36.7 Å². The lowest BCUT2D eigenvalue weighted by atomic mass is 10.2. The van der Waals surface area contributed by atoms with Crippen molar-refractivity contribution < 1.29 is 9.53 Å². The van der Waals surface area contributed by atoms with Gasteiger partial charge < -0.3 is 10.1 Å². The molecule has 0 aliphatic carbocycles. The van der Waals surface area contributed by atoms with Gasteiger partial charge in [0.1, 0.15) is 0 Å². The van der Waals surface area contributed by atoms with Gasteiger partial charge in [-0.05, 0) is 25.1 Å². The third-order valence-electron chi connectivity index (χ3n) is 3.06. The summed E-state index contributed by atoms with van der Waals surface area (Å²) in [5, 5.41) is 7.20. The molecule has 0 spiro atoms. The van der Waals surface area contributed by atoms with Crippen molar-refractivity contribution in [1.29, 1.82) is 0 Å². The molecule has 2 aromatic heterocycles. The van der Waals surface area contributed by atoms with Gasteiger partial charge in [0.2, 0.25) is 5.91 Å². The summed E-state index contributed by atoms with van der Waals surface area (Å²) in [7, 11) is 1.61. The molecule has 0 aromatic carbocycles. The van der Waals surface area contributed by atoms with E-state index < -0.39 is 0 Å². The first-order valence-corrected chi connectivity index (χ1v) is 6.88. The van der Waals surface area contributed by atoms with Crippen LogP contribution in [0.1, 0.15) is 23.9 Å². The van der Waals surface area contributed by atoms with Crippen molar-refractivity contribution in [2.45, 2.75) is 25.9 Å². The van der Waals surface area contributed by atoms with E-state index in [9.17, 15) is 4.79 Å². The number of aromatic nitrogens is 3. The molecule has 0 radical (unpaired) electrons. The fourth-order valence-corrected chi connectivity index (χ4v) is 2.02. The van der Waals surface area contributed by atoms with Gasteiger partial charge in [0.25, 0.3) is 0 Å². The zero-order valence-corrected chi connectivity index (χ0v) is 12.3. The molecular weight excluding hydrogens is 268 g/mol. The Morgan fingerprint density at radius 1 is 1.43 bits per heavy atom. The van der Waals surface area contributed by atoms with Crippen LogP contribution < -0.4 is 5.32 Å². The van der Waals surface area contributed by atoms with E-state index in [0.29, 0.717) is 19.6 Å². The summed E-state index contributed by atoms with van der Waals surface area (Å²) >= 11 is 0. The number of amides is 1. The minimum Gasteiger partial charge on any atom is -0.382 e. The van der Waals surface area contributed by atoms with Crippen molar-refractivity contribution >= 4 is 5.91 Å². The number of carbonyl (C=O) groups is 1. The number of hydrogen-bond donors (Lipinski definition) is 1. The molecule has 2 aromatic rings. The molecule has 0 fully saturated rings. The van der Waals surface area contributed by atoms with E-state index in [4.69, 9.17) is 4.74 Å². The molecule has 0 saturated heterocycles. The Balaban J connectivity index is 1.89. The molecular formula is C15H20N4O2. The highest BCUT2D eigenvalue weighted by Crippen LogP contribution is 2.10. The Morgan fingerprint density at radius 2 is 2.29 bits per heavy atom. The summed E-state index contributed by atoms with van der Waals surface area (Å²) in [6.45, 7) is 2.87. The summed E-state index contributed by atoms with van der Waals surface area (Å²) < 4.78 is 6.92. The Hall–Kier alpha value is -2.21. The summed E-state index contributed by atoms with van der Waals surface area (Å²) in [5.74, 6) is -0.0455. The highest BCUT2D eigenvalue weighted by Gasteiger charge is 2.15. The molecule has 0 bridgehead atoms. The third kappa shape index (κ3) is 4.68. The highest BCUT2D eigenvalue weighted by molar-refractivity contribution is 5.76. The highest BCUT2D eigenvalue weighted by atomic mass is 16.5. The van der Waals surface area contributed by atoms with Gasteiger partial charge in [0.15, 0.2) is 0 Å². The number of aryl methyl sites for hydroxylation is 2. The molecule has 112 valence electrons. The second-order valence-electron chi connectivity index (χ2n) is 4.80. The van der Waals surface area contributed by atoms with Crippen molar-refractivity contribution in [3.63, 3.8) is 0 Å².